The first-order valence-electron chi connectivity index (χ1n) is 6.65. The molecule has 0 heterocycles. The number of nitrogens with one attached hydrogen (secondary N) is 1. The van der Waals surface area contributed by atoms with E-state index in [1.165, 1.54) is 0 Å². The topological polar surface area (TPSA) is 50.8 Å². The van der Waals surface area contributed by atoms with Gasteiger partial charge in [-0.25, -0.2) is 0 Å². The first-order chi connectivity index (χ1) is 9.47. The summed E-state index contributed by atoms with van der Waals surface area (Å²) in [7, 11) is 5.12. The standard InChI is InChI=1S/C15H24N2O3/c1-11(2)17(3)10-15(18)16-9-12-6-7-13(19-4)14(8-12)20-5/h6-8,11H,9-10H2,1-5H3,(H,16,18). The molecule has 0 fully saturated rings. The quantitative estimate of drug-likeness (QED) is 0.825. The van der Waals surface area contributed by atoms with E-state index in [2.05, 4.69) is 19.2 Å². The number of benzene rings is 1. The molecule has 5 nitrogen and oxygen atoms in total. The highest BCUT2D eigenvalue weighted by atomic mass is 16.5. The monoisotopic (exact) mass is 280 g/mol. The van der Waals surface area contributed by atoms with E-state index in [0.29, 0.717) is 30.6 Å². The Bertz CT molecular complexity index is 447. The van der Waals surface area contributed by atoms with Crippen molar-refractivity contribution in [1.82, 2.24) is 10.2 Å². The van der Waals surface area contributed by atoms with Crippen LogP contribution in [-0.4, -0.2) is 44.7 Å². The van der Waals surface area contributed by atoms with Gasteiger partial charge in [0.15, 0.2) is 11.5 Å². The average molecular weight is 280 g/mol. The fourth-order valence-electron chi connectivity index (χ4n) is 1.66. The van der Waals surface area contributed by atoms with Crippen LogP contribution in [0.5, 0.6) is 11.5 Å². The highest BCUT2D eigenvalue weighted by Gasteiger charge is 2.10. The van der Waals surface area contributed by atoms with Crippen LogP contribution in [0, 0.1) is 0 Å². The third kappa shape index (κ3) is 4.74. The van der Waals surface area contributed by atoms with Crippen molar-refractivity contribution >= 4 is 5.91 Å². The molecule has 0 bridgehead atoms. The number of hydrogen-bond acceptors (Lipinski definition) is 4. The highest BCUT2D eigenvalue weighted by Crippen LogP contribution is 2.27. The molecule has 1 aromatic carbocycles. The van der Waals surface area contributed by atoms with E-state index in [1.807, 2.05) is 30.1 Å². The van der Waals surface area contributed by atoms with Gasteiger partial charge in [-0.2, -0.15) is 0 Å². The van der Waals surface area contributed by atoms with Crippen molar-refractivity contribution in [2.45, 2.75) is 26.4 Å². The van der Waals surface area contributed by atoms with Gasteiger partial charge >= 0.3 is 0 Å². The molecule has 1 amide bonds. The predicted molar refractivity (Wildman–Crippen MR) is 79.2 cm³/mol. The summed E-state index contributed by atoms with van der Waals surface area (Å²) in [5, 5.41) is 2.90. The molecule has 0 aromatic heterocycles. The maximum absolute atomic E-state index is 11.8. The summed E-state index contributed by atoms with van der Waals surface area (Å²) in [6.07, 6.45) is 0. The Labute approximate surface area is 120 Å². The second-order valence-corrected chi connectivity index (χ2v) is 4.97. The third-order valence-corrected chi connectivity index (χ3v) is 3.21. The number of amides is 1. The van der Waals surface area contributed by atoms with Gasteiger partial charge in [-0.1, -0.05) is 6.07 Å². The Morgan fingerprint density at radius 2 is 1.90 bits per heavy atom. The Kier molecular flexibility index (Phi) is 6.31. The number of nitrogens with zero attached hydrogens (tertiary/aromatic N) is 1. The van der Waals surface area contributed by atoms with Crippen LogP contribution < -0.4 is 14.8 Å². The van der Waals surface area contributed by atoms with Crippen molar-refractivity contribution in [2.75, 3.05) is 27.8 Å². The Morgan fingerprint density at radius 3 is 2.45 bits per heavy atom. The number of hydrogen-bond donors (Lipinski definition) is 1. The molecule has 0 atom stereocenters. The van der Waals surface area contributed by atoms with Crippen LogP contribution in [0.25, 0.3) is 0 Å². The number of carbonyl (C=O) groups is 1. The molecule has 1 N–H and O–H groups in total. The lowest BCUT2D eigenvalue weighted by molar-refractivity contribution is -0.122. The zero-order chi connectivity index (χ0) is 15.1. The van der Waals surface area contributed by atoms with Crippen molar-refractivity contribution in [3.63, 3.8) is 0 Å². The SMILES string of the molecule is COc1ccc(CNC(=O)CN(C)C(C)C)cc1OC. The molecule has 0 unspecified atom stereocenters. The van der Waals surface area contributed by atoms with Crippen LogP contribution in [0.3, 0.4) is 0 Å². The predicted octanol–water partition coefficient (Wildman–Crippen LogP) is 1.66. The molecule has 0 aliphatic rings. The summed E-state index contributed by atoms with van der Waals surface area (Å²) < 4.78 is 10.4. The van der Waals surface area contributed by atoms with Crippen molar-refractivity contribution in [2.24, 2.45) is 0 Å². The molecular formula is C15H24N2O3. The van der Waals surface area contributed by atoms with Gasteiger partial charge in [0.05, 0.1) is 20.8 Å². The molecule has 0 saturated carbocycles. The first kappa shape index (κ1) is 16.3. The highest BCUT2D eigenvalue weighted by molar-refractivity contribution is 5.78. The summed E-state index contributed by atoms with van der Waals surface area (Å²) in [5.41, 5.74) is 0.975. The van der Waals surface area contributed by atoms with Crippen LogP contribution in [-0.2, 0) is 11.3 Å². The minimum atomic E-state index is 0.0102. The van der Waals surface area contributed by atoms with E-state index in [0.717, 1.165) is 5.56 Å². The lowest BCUT2D eigenvalue weighted by atomic mass is 10.2. The van der Waals surface area contributed by atoms with Gasteiger partial charge in [-0.3, -0.25) is 9.69 Å². The van der Waals surface area contributed by atoms with Crippen LogP contribution in [0.15, 0.2) is 18.2 Å². The van der Waals surface area contributed by atoms with E-state index in [-0.39, 0.29) is 5.91 Å². The van der Waals surface area contributed by atoms with Crippen LogP contribution in [0.2, 0.25) is 0 Å². The second-order valence-electron chi connectivity index (χ2n) is 4.97. The van der Waals surface area contributed by atoms with Gasteiger partial charge in [0.1, 0.15) is 0 Å². The fourth-order valence-corrected chi connectivity index (χ4v) is 1.66. The zero-order valence-corrected chi connectivity index (χ0v) is 12.9. The van der Waals surface area contributed by atoms with Gasteiger partial charge in [0, 0.05) is 12.6 Å². The molecule has 20 heavy (non-hydrogen) atoms. The maximum atomic E-state index is 11.8. The maximum Gasteiger partial charge on any atom is 0.234 e. The van der Waals surface area contributed by atoms with Gasteiger partial charge in [-0.15, -0.1) is 0 Å². The van der Waals surface area contributed by atoms with Crippen molar-refractivity contribution in [1.29, 1.82) is 0 Å². The lowest BCUT2D eigenvalue weighted by Gasteiger charge is -2.20. The van der Waals surface area contributed by atoms with Crippen molar-refractivity contribution < 1.29 is 14.3 Å². The fraction of sp³-hybridized carbons (Fsp3) is 0.533. The molecule has 0 aliphatic heterocycles. The van der Waals surface area contributed by atoms with E-state index >= 15 is 0 Å². The molecular weight excluding hydrogens is 256 g/mol. The number of likely N-dealkylation sites (N-methyl/N-ethyl adjacent to an activating group) is 1. The summed E-state index contributed by atoms with van der Waals surface area (Å²) in [6, 6.07) is 5.96. The average Bonchev–Trinajstić information content (AvgIpc) is 2.44. The van der Waals surface area contributed by atoms with E-state index < -0.39 is 0 Å². The van der Waals surface area contributed by atoms with Gasteiger partial charge in [0.2, 0.25) is 5.91 Å². The smallest absolute Gasteiger partial charge is 0.234 e. The number of carbonyl (C=O) groups excluding carboxylic acids is 1. The minimum Gasteiger partial charge on any atom is -0.493 e. The second kappa shape index (κ2) is 7.75. The normalized spacial score (nSPS) is 10.8. The van der Waals surface area contributed by atoms with Crippen LogP contribution in [0.1, 0.15) is 19.4 Å². The Balaban J connectivity index is 2.55. The van der Waals surface area contributed by atoms with Gasteiger partial charge < -0.3 is 14.8 Å². The van der Waals surface area contributed by atoms with E-state index in [4.69, 9.17) is 9.47 Å². The van der Waals surface area contributed by atoms with E-state index in [9.17, 15) is 4.79 Å². The molecule has 0 spiro atoms. The summed E-state index contributed by atoms with van der Waals surface area (Å²) in [6.45, 7) is 4.99. The largest absolute Gasteiger partial charge is 0.493 e. The number of rotatable bonds is 7. The lowest BCUT2D eigenvalue weighted by Crippen LogP contribution is -2.38. The summed E-state index contributed by atoms with van der Waals surface area (Å²) >= 11 is 0. The molecule has 0 radical (unpaired) electrons. The van der Waals surface area contributed by atoms with Crippen molar-refractivity contribution in [3.05, 3.63) is 23.8 Å². The molecule has 1 rings (SSSR count). The zero-order valence-electron chi connectivity index (χ0n) is 12.9. The number of ether oxygens (including phenoxy) is 2. The Morgan fingerprint density at radius 1 is 1.25 bits per heavy atom. The minimum absolute atomic E-state index is 0.0102. The van der Waals surface area contributed by atoms with Crippen LogP contribution in [0.4, 0.5) is 0 Å². The third-order valence-electron chi connectivity index (χ3n) is 3.21. The van der Waals surface area contributed by atoms with E-state index in [1.54, 1.807) is 14.2 Å². The summed E-state index contributed by atoms with van der Waals surface area (Å²) in [4.78, 5) is 13.8. The van der Waals surface area contributed by atoms with Crippen LogP contribution >= 0.6 is 0 Å². The van der Waals surface area contributed by atoms with Crippen molar-refractivity contribution in [3.8, 4) is 11.5 Å². The molecule has 0 saturated heterocycles. The molecule has 1 aromatic rings. The number of methoxy groups -OCH3 is 2. The molecule has 112 valence electrons. The van der Waals surface area contributed by atoms with Gasteiger partial charge in [-0.05, 0) is 38.6 Å². The van der Waals surface area contributed by atoms with Gasteiger partial charge in [0.25, 0.3) is 0 Å². The molecule has 5 heteroatoms. The first-order valence-corrected chi connectivity index (χ1v) is 6.65. The summed E-state index contributed by atoms with van der Waals surface area (Å²) in [5.74, 6) is 1.36. The molecule has 0 aliphatic carbocycles. The Hall–Kier alpha value is -1.75.